The molecular formula is C7H4ClN2S. The molecule has 4 heteroatoms. The van der Waals surface area contributed by atoms with E-state index in [4.69, 9.17) is 11.6 Å². The second kappa shape index (κ2) is 2.68. The molecule has 0 amide bonds. The van der Waals surface area contributed by atoms with Crippen LogP contribution < -0.4 is 0 Å². The summed E-state index contributed by atoms with van der Waals surface area (Å²) in [6.45, 7) is 0. The van der Waals surface area contributed by atoms with Gasteiger partial charge < -0.3 is 0 Å². The van der Waals surface area contributed by atoms with Crippen LogP contribution in [0.5, 0.6) is 0 Å². The maximum absolute atomic E-state index is 5.69. The maximum atomic E-state index is 5.69. The summed E-state index contributed by atoms with van der Waals surface area (Å²) in [7, 11) is 0. The maximum Gasteiger partial charge on any atom is 0.118 e. The van der Waals surface area contributed by atoms with Crippen LogP contribution in [-0.2, 0) is 0 Å². The van der Waals surface area contributed by atoms with E-state index in [1.54, 1.807) is 17.1 Å². The molecule has 2 aromatic heterocycles. The minimum atomic E-state index is 0.651. The Morgan fingerprint density at radius 2 is 2.55 bits per heavy atom. The summed E-state index contributed by atoms with van der Waals surface area (Å²) in [4.78, 5) is 0. The molecule has 2 nitrogen and oxygen atoms in total. The third kappa shape index (κ3) is 1.29. The summed E-state index contributed by atoms with van der Waals surface area (Å²) in [6, 6.07) is 3.80. The number of thiophene rings is 1. The highest BCUT2D eigenvalue weighted by molar-refractivity contribution is 7.12. The Morgan fingerprint density at radius 1 is 1.64 bits per heavy atom. The van der Waals surface area contributed by atoms with Crippen molar-refractivity contribution in [3.63, 3.8) is 0 Å². The molecule has 2 rings (SSSR count). The molecule has 0 atom stereocenters. The lowest BCUT2D eigenvalue weighted by Gasteiger charge is -1.91. The van der Waals surface area contributed by atoms with Crippen molar-refractivity contribution in [2.75, 3.05) is 0 Å². The number of halogens is 1. The van der Waals surface area contributed by atoms with Gasteiger partial charge in [-0.2, -0.15) is 5.10 Å². The number of hydrogen-bond acceptors (Lipinski definition) is 2. The van der Waals surface area contributed by atoms with Crippen molar-refractivity contribution >= 4 is 22.9 Å². The average Bonchev–Trinajstić information content (AvgIpc) is 2.55. The normalized spacial score (nSPS) is 10.3. The van der Waals surface area contributed by atoms with Crippen LogP contribution >= 0.6 is 22.9 Å². The van der Waals surface area contributed by atoms with Crippen molar-refractivity contribution in [3.8, 4) is 5.00 Å². The van der Waals surface area contributed by atoms with Crippen molar-refractivity contribution in [2.24, 2.45) is 0 Å². The minimum absolute atomic E-state index is 0.651. The van der Waals surface area contributed by atoms with E-state index < -0.39 is 0 Å². The lowest BCUT2D eigenvalue weighted by molar-refractivity contribution is 0.898. The fourth-order valence-electron chi connectivity index (χ4n) is 0.778. The largest absolute Gasteiger partial charge is 0.229 e. The van der Waals surface area contributed by atoms with Crippen LogP contribution in [0.15, 0.2) is 24.5 Å². The van der Waals surface area contributed by atoms with Gasteiger partial charge in [0.25, 0.3) is 0 Å². The lowest BCUT2D eigenvalue weighted by Crippen LogP contribution is -1.88. The Morgan fingerprint density at radius 3 is 3.09 bits per heavy atom. The fraction of sp³-hybridized carbons (Fsp3) is 0. The molecular weight excluding hydrogens is 180 g/mol. The quantitative estimate of drug-likeness (QED) is 0.664. The Kier molecular flexibility index (Phi) is 1.68. The van der Waals surface area contributed by atoms with Gasteiger partial charge in [0.05, 0.1) is 17.4 Å². The van der Waals surface area contributed by atoms with Gasteiger partial charge in [0.15, 0.2) is 0 Å². The van der Waals surface area contributed by atoms with Crippen LogP contribution in [0.3, 0.4) is 0 Å². The first-order valence-corrected chi connectivity index (χ1v) is 4.22. The molecule has 0 spiro atoms. The van der Waals surface area contributed by atoms with Crippen LogP contribution in [0.25, 0.3) is 5.00 Å². The van der Waals surface area contributed by atoms with Crippen LogP contribution in [0, 0.1) is 5.38 Å². The van der Waals surface area contributed by atoms with Crippen molar-refractivity contribution in [3.05, 3.63) is 34.9 Å². The van der Waals surface area contributed by atoms with Crippen molar-refractivity contribution in [1.29, 1.82) is 0 Å². The zero-order valence-corrected chi connectivity index (χ0v) is 7.06. The Balaban J connectivity index is 2.45. The van der Waals surface area contributed by atoms with Gasteiger partial charge in [0, 0.05) is 5.38 Å². The summed E-state index contributed by atoms with van der Waals surface area (Å²) in [6.07, 6.45) is 3.38. The molecule has 2 aromatic rings. The van der Waals surface area contributed by atoms with Gasteiger partial charge in [-0.15, -0.1) is 11.3 Å². The monoisotopic (exact) mass is 183 g/mol. The molecule has 0 saturated carbocycles. The molecule has 0 unspecified atom stereocenters. The van der Waals surface area contributed by atoms with Crippen LogP contribution in [0.4, 0.5) is 0 Å². The SMILES string of the molecule is Clc1cnn(-c2cc[c]s2)c1. The van der Waals surface area contributed by atoms with E-state index >= 15 is 0 Å². The average molecular weight is 184 g/mol. The highest BCUT2D eigenvalue weighted by Crippen LogP contribution is 2.15. The van der Waals surface area contributed by atoms with E-state index in [1.807, 2.05) is 12.1 Å². The Labute approximate surface area is 73.0 Å². The van der Waals surface area contributed by atoms with Crippen molar-refractivity contribution in [1.82, 2.24) is 9.78 Å². The van der Waals surface area contributed by atoms with Gasteiger partial charge in [-0.25, -0.2) is 4.68 Å². The van der Waals surface area contributed by atoms with E-state index in [0.29, 0.717) is 5.02 Å². The number of aromatic nitrogens is 2. The molecule has 55 valence electrons. The van der Waals surface area contributed by atoms with Crippen molar-refractivity contribution in [2.45, 2.75) is 0 Å². The van der Waals surface area contributed by atoms with Gasteiger partial charge in [-0.3, -0.25) is 0 Å². The molecule has 1 radical (unpaired) electrons. The Bertz CT molecular complexity index is 339. The highest BCUT2D eigenvalue weighted by Gasteiger charge is 1.97. The molecule has 0 saturated heterocycles. The molecule has 11 heavy (non-hydrogen) atoms. The summed E-state index contributed by atoms with van der Waals surface area (Å²) in [5, 5.41) is 8.68. The van der Waals surface area contributed by atoms with E-state index in [0.717, 1.165) is 5.00 Å². The molecule has 0 N–H and O–H groups in total. The first kappa shape index (κ1) is 6.88. The van der Waals surface area contributed by atoms with Gasteiger partial charge in [-0.05, 0) is 12.1 Å². The fourth-order valence-corrected chi connectivity index (χ4v) is 1.50. The first-order valence-electron chi connectivity index (χ1n) is 3.03. The number of nitrogens with zero attached hydrogens (tertiary/aromatic N) is 2. The van der Waals surface area contributed by atoms with Gasteiger partial charge in [-0.1, -0.05) is 11.6 Å². The molecule has 0 fully saturated rings. The van der Waals surface area contributed by atoms with E-state index in [2.05, 4.69) is 10.5 Å². The number of rotatable bonds is 1. The smallest absolute Gasteiger partial charge is 0.118 e. The topological polar surface area (TPSA) is 17.8 Å². The second-order valence-electron chi connectivity index (χ2n) is 1.99. The lowest BCUT2D eigenvalue weighted by atomic mass is 10.6. The molecule has 0 aliphatic heterocycles. The van der Waals surface area contributed by atoms with Gasteiger partial charge in [0.2, 0.25) is 0 Å². The van der Waals surface area contributed by atoms with Gasteiger partial charge >= 0.3 is 0 Å². The molecule has 0 aromatic carbocycles. The zero-order chi connectivity index (χ0) is 7.68. The standard InChI is InChI=1S/C7H4ClN2S/c8-6-4-9-10(5-6)7-2-1-3-11-7/h1-2,4-5H. The number of hydrogen-bond donors (Lipinski definition) is 0. The summed E-state index contributed by atoms with van der Waals surface area (Å²) < 4.78 is 1.73. The third-order valence-corrected chi connectivity index (χ3v) is 2.22. The first-order chi connectivity index (χ1) is 5.36. The second-order valence-corrected chi connectivity index (χ2v) is 3.29. The summed E-state index contributed by atoms with van der Waals surface area (Å²) >= 11 is 7.19. The van der Waals surface area contributed by atoms with Crippen LogP contribution in [-0.4, -0.2) is 9.78 Å². The predicted octanol–water partition coefficient (Wildman–Crippen LogP) is 2.39. The van der Waals surface area contributed by atoms with Crippen LogP contribution in [0.1, 0.15) is 0 Å². The third-order valence-electron chi connectivity index (χ3n) is 1.23. The highest BCUT2D eigenvalue weighted by atomic mass is 35.5. The minimum Gasteiger partial charge on any atom is -0.229 e. The summed E-state index contributed by atoms with van der Waals surface area (Å²) in [5.74, 6) is 0. The predicted molar refractivity (Wildman–Crippen MR) is 45.3 cm³/mol. The van der Waals surface area contributed by atoms with E-state index in [-0.39, 0.29) is 0 Å². The van der Waals surface area contributed by atoms with Crippen LogP contribution in [0.2, 0.25) is 5.02 Å². The Hall–Kier alpha value is -0.800. The molecule has 0 aliphatic rings. The summed E-state index contributed by atoms with van der Waals surface area (Å²) in [5.41, 5.74) is 0. The van der Waals surface area contributed by atoms with E-state index in [1.165, 1.54) is 11.3 Å². The zero-order valence-electron chi connectivity index (χ0n) is 5.49. The van der Waals surface area contributed by atoms with Gasteiger partial charge in [0.1, 0.15) is 5.00 Å². The molecule has 0 aliphatic carbocycles. The molecule has 0 bridgehead atoms. The van der Waals surface area contributed by atoms with E-state index in [9.17, 15) is 0 Å². The molecule has 2 heterocycles. The van der Waals surface area contributed by atoms with Crippen molar-refractivity contribution < 1.29 is 0 Å².